The molecule has 0 unspecified atom stereocenters. The van der Waals surface area contributed by atoms with Gasteiger partial charge in [0.05, 0.1) is 25.4 Å². The summed E-state index contributed by atoms with van der Waals surface area (Å²) in [6.45, 7) is 2.17. The number of nitrogens with zero attached hydrogens (tertiary/aromatic N) is 2. The molecule has 26 heavy (non-hydrogen) atoms. The van der Waals surface area contributed by atoms with Crippen LogP contribution in [0.1, 0.15) is 31.2 Å². The molecule has 3 heterocycles. The molecule has 2 bridgehead atoms. The van der Waals surface area contributed by atoms with Crippen LogP contribution in [0.5, 0.6) is 5.75 Å². The smallest absolute Gasteiger partial charge is 0.414 e. The predicted molar refractivity (Wildman–Crippen MR) is 97.7 cm³/mol. The van der Waals surface area contributed by atoms with Crippen molar-refractivity contribution in [2.24, 2.45) is 5.92 Å². The van der Waals surface area contributed by atoms with Crippen LogP contribution in [0.3, 0.4) is 0 Å². The topological polar surface area (TPSA) is 42.0 Å². The number of benzene rings is 1. The van der Waals surface area contributed by atoms with Gasteiger partial charge in [-0.05, 0) is 55.4 Å². The zero-order valence-corrected chi connectivity index (χ0v) is 15.3. The molecule has 5 heteroatoms. The Kier molecular flexibility index (Phi) is 2.58. The predicted octanol–water partition coefficient (Wildman–Crippen LogP) is 3.09. The molecule has 5 nitrogen and oxygen atoms in total. The van der Waals surface area contributed by atoms with Crippen LogP contribution in [-0.4, -0.2) is 49.4 Å². The average molecular weight is 352 g/mol. The number of hydrogen-bond donors (Lipinski definition) is 0. The third kappa shape index (κ3) is 1.34. The van der Waals surface area contributed by atoms with E-state index in [2.05, 4.69) is 23.1 Å². The van der Waals surface area contributed by atoms with Crippen molar-refractivity contribution < 1.29 is 14.3 Å². The molecule has 1 aromatic carbocycles. The largest absolute Gasteiger partial charge is 0.497 e. The van der Waals surface area contributed by atoms with E-state index in [1.54, 1.807) is 7.11 Å². The highest BCUT2D eigenvalue weighted by atomic mass is 16.5. The fourth-order valence-electron chi connectivity index (χ4n) is 7.20. The van der Waals surface area contributed by atoms with Crippen LogP contribution in [0.15, 0.2) is 30.4 Å². The lowest BCUT2D eigenvalue weighted by Crippen LogP contribution is -2.54. The van der Waals surface area contributed by atoms with Crippen molar-refractivity contribution in [2.75, 3.05) is 32.2 Å². The number of fused-ring (bicyclic) bond motifs is 1. The summed E-state index contributed by atoms with van der Waals surface area (Å²) in [5, 5.41) is 0. The van der Waals surface area contributed by atoms with Gasteiger partial charge in [-0.25, -0.2) is 4.79 Å². The van der Waals surface area contributed by atoms with Gasteiger partial charge in [-0.3, -0.25) is 9.80 Å². The van der Waals surface area contributed by atoms with E-state index in [4.69, 9.17) is 9.47 Å². The first-order chi connectivity index (χ1) is 12.6. The molecule has 1 saturated heterocycles. The van der Waals surface area contributed by atoms with Gasteiger partial charge in [-0.2, -0.15) is 0 Å². The summed E-state index contributed by atoms with van der Waals surface area (Å²) in [7, 11) is 3.21. The summed E-state index contributed by atoms with van der Waals surface area (Å²) < 4.78 is 10.8. The highest BCUT2D eigenvalue weighted by molar-refractivity contribution is 5.97. The first-order valence-electron chi connectivity index (χ1n) is 9.62. The molecule has 0 N–H and O–H groups in total. The van der Waals surface area contributed by atoms with E-state index in [-0.39, 0.29) is 22.6 Å². The summed E-state index contributed by atoms with van der Waals surface area (Å²) in [4.78, 5) is 17.5. The Labute approximate surface area is 153 Å². The second-order valence-corrected chi connectivity index (χ2v) is 8.54. The van der Waals surface area contributed by atoms with Crippen LogP contribution >= 0.6 is 0 Å². The summed E-state index contributed by atoms with van der Waals surface area (Å²) in [6, 6.07) is 6.19. The van der Waals surface area contributed by atoms with E-state index >= 15 is 0 Å². The van der Waals surface area contributed by atoms with Crippen LogP contribution in [0.4, 0.5) is 10.5 Å². The molecule has 5 aliphatic rings. The van der Waals surface area contributed by atoms with Crippen LogP contribution in [0.25, 0.3) is 0 Å². The maximum Gasteiger partial charge on any atom is 0.414 e. The minimum atomic E-state index is -0.212. The van der Waals surface area contributed by atoms with E-state index in [0.29, 0.717) is 5.92 Å². The fourth-order valence-corrected chi connectivity index (χ4v) is 7.20. The molecule has 0 radical (unpaired) electrons. The van der Waals surface area contributed by atoms with Gasteiger partial charge in [0.2, 0.25) is 0 Å². The Bertz CT molecular complexity index is 867. The fraction of sp³-hybridized carbons (Fsp3) is 0.571. The average Bonchev–Trinajstić information content (AvgIpc) is 2.97. The van der Waals surface area contributed by atoms with Crippen LogP contribution in [0.2, 0.25) is 0 Å². The van der Waals surface area contributed by atoms with Crippen molar-refractivity contribution in [3.63, 3.8) is 0 Å². The monoisotopic (exact) mass is 352 g/mol. The molecule has 3 fully saturated rings. The molecule has 4 atom stereocenters. The summed E-state index contributed by atoms with van der Waals surface area (Å²) in [6.07, 6.45) is 8.99. The lowest BCUT2D eigenvalue weighted by molar-refractivity contribution is 0.104. The van der Waals surface area contributed by atoms with Crippen molar-refractivity contribution in [1.82, 2.24) is 4.90 Å². The van der Waals surface area contributed by atoms with E-state index in [1.165, 1.54) is 12.7 Å². The zero-order chi connectivity index (χ0) is 17.7. The first-order valence-corrected chi connectivity index (χ1v) is 9.62. The van der Waals surface area contributed by atoms with Crippen molar-refractivity contribution in [1.29, 1.82) is 0 Å². The second-order valence-electron chi connectivity index (χ2n) is 8.54. The minimum Gasteiger partial charge on any atom is -0.497 e. The molecule has 0 aromatic heterocycles. The lowest BCUT2D eigenvalue weighted by atomic mass is 9.78. The number of methoxy groups -OCH3 is 2. The normalized spacial score (nSPS) is 41.2. The Hall–Kier alpha value is -2.01. The molecule has 136 valence electrons. The lowest BCUT2D eigenvalue weighted by Gasteiger charge is -2.45. The van der Waals surface area contributed by atoms with Gasteiger partial charge in [0.25, 0.3) is 0 Å². The van der Waals surface area contributed by atoms with Crippen LogP contribution in [0, 0.1) is 5.92 Å². The molecule has 2 saturated carbocycles. The van der Waals surface area contributed by atoms with Gasteiger partial charge in [0.15, 0.2) is 0 Å². The number of carbonyl (C=O) groups excluding carboxylic acids is 1. The summed E-state index contributed by atoms with van der Waals surface area (Å²) >= 11 is 0. The molecular formula is C21H24N2O3. The molecule has 6 rings (SSSR count). The number of anilines is 1. The Balaban J connectivity index is 1.57. The molecule has 2 aliphatic carbocycles. The molecule has 1 amide bonds. The Morgan fingerprint density at radius 3 is 2.92 bits per heavy atom. The van der Waals surface area contributed by atoms with Crippen molar-refractivity contribution >= 4 is 11.8 Å². The quantitative estimate of drug-likeness (QED) is 0.729. The van der Waals surface area contributed by atoms with E-state index in [9.17, 15) is 4.79 Å². The minimum absolute atomic E-state index is 0.0622. The van der Waals surface area contributed by atoms with E-state index in [0.717, 1.165) is 50.2 Å². The van der Waals surface area contributed by atoms with Gasteiger partial charge >= 0.3 is 6.09 Å². The highest BCUT2D eigenvalue weighted by Crippen LogP contribution is 2.81. The maximum atomic E-state index is 12.8. The van der Waals surface area contributed by atoms with Gasteiger partial charge < -0.3 is 9.47 Å². The molecule has 1 aromatic rings. The number of hydrogen-bond acceptors (Lipinski definition) is 4. The van der Waals surface area contributed by atoms with Gasteiger partial charge in [0, 0.05) is 24.0 Å². The number of rotatable bonds is 1. The number of carbonyl (C=O) groups is 1. The number of ether oxygens (including phenoxy) is 2. The molecular weight excluding hydrogens is 328 g/mol. The third-order valence-corrected chi connectivity index (χ3v) is 8.20. The highest BCUT2D eigenvalue weighted by Gasteiger charge is 2.86. The number of amides is 1. The Morgan fingerprint density at radius 1 is 1.23 bits per heavy atom. The summed E-state index contributed by atoms with van der Waals surface area (Å²) in [5.74, 6) is 1.39. The third-order valence-electron chi connectivity index (χ3n) is 8.20. The van der Waals surface area contributed by atoms with Gasteiger partial charge in [-0.1, -0.05) is 12.2 Å². The SMILES string of the molecule is COC(=O)N1c2ccc(OC)cc2[C@]23CCN4CC=C[C@]45CC[C@]12[C@H]3C5. The summed E-state index contributed by atoms with van der Waals surface area (Å²) in [5.41, 5.74) is 2.51. The van der Waals surface area contributed by atoms with Gasteiger partial charge in [-0.15, -0.1) is 0 Å². The van der Waals surface area contributed by atoms with Crippen LogP contribution < -0.4 is 9.64 Å². The van der Waals surface area contributed by atoms with Gasteiger partial charge in [0.1, 0.15) is 5.75 Å². The van der Waals surface area contributed by atoms with Crippen molar-refractivity contribution in [2.45, 2.75) is 42.2 Å². The van der Waals surface area contributed by atoms with Crippen molar-refractivity contribution in [3.05, 3.63) is 35.9 Å². The van der Waals surface area contributed by atoms with Crippen LogP contribution in [-0.2, 0) is 10.2 Å². The van der Waals surface area contributed by atoms with E-state index in [1.807, 2.05) is 17.0 Å². The second kappa shape index (κ2) is 4.45. The Morgan fingerprint density at radius 2 is 2.12 bits per heavy atom. The molecule has 3 aliphatic heterocycles. The van der Waals surface area contributed by atoms with E-state index < -0.39 is 0 Å². The maximum absolute atomic E-state index is 12.8. The standard InChI is InChI=1S/C21H24N2O3/c1-25-14-4-5-16-15(12-14)20-9-11-22-10-3-6-19(22)7-8-21(20,17(20)13-19)23(16)18(24)26-2/h3-6,12,17H,7-11,13H2,1-2H3/t17-,19+,20-,21+/m0/s1. The zero-order valence-electron chi connectivity index (χ0n) is 15.3. The van der Waals surface area contributed by atoms with Crippen molar-refractivity contribution in [3.8, 4) is 5.75 Å². The molecule has 3 spiro atoms. The first kappa shape index (κ1) is 15.1.